The summed E-state index contributed by atoms with van der Waals surface area (Å²) < 4.78 is 0. The number of aromatic amines is 1. The summed E-state index contributed by atoms with van der Waals surface area (Å²) in [7, 11) is 1.72. The van der Waals surface area contributed by atoms with E-state index in [2.05, 4.69) is 4.98 Å². The third kappa shape index (κ3) is 3.41. The molecule has 2 N–H and O–H groups in total. The van der Waals surface area contributed by atoms with Gasteiger partial charge in [0, 0.05) is 24.9 Å². The Bertz CT molecular complexity index is 735. The first-order valence-corrected chi connectivity index (χ1v) is 8.01. The number of aromatic nitrogens is 1. The van der Waals surface area contributed by atoms with Crippen molar-refractivity contribution in [1.29, 1.82) is 0 Å². The standard InChI is InChI=1S/C19H24N2O3/c1-12-17(14(3)23)13(2)20-18(12)19(24)21(4)16(10-11-22)15-8-6-5-7-9-15/h5-9,16,20,22H,10-11H2,1-4H3. The van der Waals surface area contributed by atoms with Crippen molar-refractivity contribution >= 4 is 11.7 Å². The fourth-order valence-corrected chi connectivity index (χ4v) is 3.19. The van der Waals surface area contributed by atoms with Crippen molar-refractivity contribution in [2.24, 2.45) is 0 Å². The minimum Gasteiger partial charge on any atom is -0.396 e. The van der Waals surface area contributed by atoms with Crippen molar-refractivity contribution in [3.8, 4) is 0 Å². The van der Waals surface area contributed by atoms with E-state index in [0.717, 1.165) is 5.56 Å². The number of amides is 1. The zero-order valence-corrected chi connectivity index (χ0v) is 14.6. The molecule has 1 atom stereocenters. The van der Waals surface area contributed by atoms with Crippen molar-refractivity contribution in [2.75, 3.05) is 13.7 Å². The maximum atomic E-state index is 12.9. The van der Waals surface area contributed by atoms with Crippen molar-refractivity contribution in [3.05, 3.63) is 58.4 Å². The maximum Gasteiger partial charge on any atom is 0.270 e. The summed E-state index contributed by atoms with van der Waals surface area (Å²) in [5.74, 6) is -0.247. The molecule has 1 aromatic carbocycles. The van der Waals surface area contributed by atoms with Gasteiger partial charge in [-0.05, 0) is 38.3 Å². The van der Waals surface area contributed by atoms with Crippen LogP contribution < -0.4 is 0 Å². The Morgan fingerprint density at radius 3 is 2.33 bits per heavy atom. The molecule has 0 bridgehead atoms. The zero-order valence-electron chi connectivity index (χ0n) is 14.6. The average Bonchev–Trinajstić information content (AvgIpc) is 2.86. The Labute approximate surface area is 142 Å². The van der Waals surface area contributed by atoms with Gasteiger partial charge in [-0.3, -0.25) is 9.59 Å². The number of nitrogens with zero attached hydrogens (tertiary/aromatic N) is 1. The van der Waals surface area contributed by atoms with Crippen LogP contribution in [0.5, 0.6) is 0 Å². The van der Waals surface area contributed by atoms with Crippen LogP contribution in [0.1, 0.15) is 57.1 Å². The Morgan fingerprint density at radius 2 is 1.83 bits per heavy atom. The lowest BCUT2D eigenvalue weighted by Crippen LogP contribution is -2.32. The number of carbonyl (C=O) groups is 2. The first kappa shape index (κ1) is 17.9. The van der Waals surface area contributed by atoms with E-state index in [1.807, 2.05) is 30.3 Å². The molecule has 0 aliphatic rings. The Kier molecular flexibility index (Phi) is 5.57. The molecule has 5 heteroatoms. The third-order valence-electron chi connectivity index (χ3n) is 4.38. The molecule has 0 spiro atoms. The highest BCUT2D eigenvalue weighted by Crippen LogP contribution is 2.26. The molecule has 1 unspecified atom stereocenters. The average molecular weight is 328 g/mol. The second kappa shape index (κ2) is 7.45. The largest absolute Gasteiger partial charge is 0.396 e. The van der Waals surface area contributed by atoms with Gasteiger partial charge < -0.3 is 15.0 Å². The van der Waals surface area contributed by atoms with E-state index < -0.39 is 0 Å². The summed E-state index contributed by atoms with van der Waals surface area (Å²) in [6.45, 7) is 5.06. The van der Waals surface area contributed by atoms with E-state index in [-0.39, 0.29) is 24.3 Å². The van der Waals surface area contributed by atoms with Crippen molar-refractivity contribution < 1.29 is 14.7 Å². The number of rotatable bonds is 6. The van der Waals surface area contributed by atoms with Gasteiger partial charge in [0.2, 0.25) is 0 Å². The second-order valence-electron chi connectivity index (χ2n) is 6.04. The van der Waals surface area contributed by atoms with E-state index in [9.17, 15) is 14.7 Å². The first-order valence-electron chi connectivity index (χ1n) is 8.01. The van der Waals surface area contributed by atoms with Gasteiger partial charge in [0.1, 0.15) is 5.69 Å². The molecule has 0 aliphatic heterocycles. The molecular formula is C19H24N2O3. The Morgan fingerprint density at radius 1 is 1.21 bits per heavy atom. The van der Waals surface area contributed by atoms with Crippen LogP contribution in [0.4, 0.5) is 0 Å². The van der Waals surface area contributed by atoms with Crippen LogP contribution in [-0.2, 0) is 0 Å². The van der Waals surface area contributed by atoms with Crippen molar-refractivity contribution in [3.63, 3.8) is 0 Å². The number of ketones is 1. The van der Waals surface area contributed by atoms with Crippen molar-refractivity contribution in [1.82, 2.24) is 9.88 Å². The van der Waals surface area contributed by atoms with E-state index in [1.165, 1.54) is 6.92 Å². The number of nitrogens with one attached hydrogen (secondary N) is 1. The predicted octanol–water partition coefficient (Wildman–Crippen LogP) is 3.03. The smallest absolute Gasteiger partial charge is 0.270 e. The number of hydrogen-bond donors (Lipinski definition) is 2. The molecule has 1 heterocycles. The van der Waals surface area contributed by atoms with Gasteiger partial charge in [-0.25, -0.2) is 0 Å². The van der Waals surface area contributed by atoms with Gasteiger partial charge in [-0.1, -0.05) is 30.3 Å². The summed E-state index contributed by atoms with van der Waals surface area (Å²) in [6.07, 6.45) is 0.449. The fourth-order valence-electron chi connectivity index (χ4n) is 3.19. The van der Waals surface area contributed by atoms with Gasteiger partial charge in [0.25, 0.3) is 5.91 Å². The molecule has 0 fully saturated rings. The molecule has 0 saturated heterocycles. The molecule has 1 aromatic heterocycles. The monoisotopic (exact) mass is 328 g/mol. The molecule has 0 radical (unpaired) electrons. The lowest BCUT2D eigenvalue weighted by molar-refractivity contribution is 0.0699. The van der Waals surface area contributed by atoms with Gasteiger partial charge in [0.05, 0.1) is 6.04 Å². The summed E-state index contributed by atoms with van der Waals surface area (Å²) >= 11 is 0. The number of aryl methyl sites for hydroxylation is 1. The number of carbonyl (C=O) groups excluding carboxylic acids is 2. The van der Waals surface area contributed by atoms with E-state index >= 15 is 0 Å². The van der Waals surface area contributed by atoms with Crippen LogP contribution in [0.25, 0.3) is 0 Å². The SMILES string of the molecule is CC(=O)c1c(C)[nH]c(C(=O)N(C)C(CCO)c2ccccc2)c1C. The van der Waals surface area contributed by atoms with Crippen LogP contribution in [0.15, 0.2) is 30.3 Å². The molecular weight excluding hydrogens is 304 g/mol. The number of aliphatic hydroxyl groups is 1. The topological polar surface area (TPSA) is 73.4 Å². The van der Waals surface area contributed by atoms with Crippen molar-refractivity contribution in [2.45, 2.75) is 33.2 Å². The molecule has 0 aliphatic carbocycles. The van der Waals surface area contributed by atoms with Gasteiger partial charge in [0.15, 0.2) is 5.78 Å². The zero-order chi connectivity index (χ0) is 17.9. The number of Topliss-reactive ketones (excluding diaryl/α,β-unsaturated/α-hetero) is 1. The number of H-pyrrole nitrogens is 1. The van der Waals surface area contributed by atoms with Gasteiger partial charge in [-0.2, -0.15) is 0 Å². The number of benzene rings is 1. The summed E-state index contributed by atoms with van der Waals surface area (Å²) in [5, 5.41) is 9.38. The minimum atomic E-state index is -0.229. The summed E-state index contributed by atoms with van der Waals surface area (Å²) in [4.78, 5) is 29.4. The summed E-state index contributed by atoms with van der Waals surface area (Å²) in [6, 6.07) is 9.40. The molecule has 2 aromatic rings. The van der Waals surface area contributed by atoms with E-state index in [1.54, 1.807) is 25.8 Å². The van der Waals surface area contributed by atoms with Crippen LogP contribution in [0, 0.1) is 13.8 Å². The quantitative estimate of drug-likeness (QED) is 0.801. The van der Waals surface area contributed by atoms with Gasteiger partial charge in [-0.15, -0.1) is 0 Å². The third-order valence-corrected chi connectivity index (χ3v) is 4.38. The highest BCUT2D eigenvalue weighted by Gasteiger charge is 2.26. The van der Waals surface area contributed by atoms with E-state index in [0.29, 0.717) is 28.9 Å². The number of aliphatic hydroxyl groups excluding tert-OH is 1. The highest BCUT2D eigenvalue weighted by atomic mass is 16.3. The van der Waals surface area contributed by atoms with Gasteiger partial charge >= 0.3 is 0 Å². The maximum absolute atomic E-state index is 12.9. The Hall–Kier alpha value is -2.40. The second-order valence-corrected chi connectivity index (χ2v) is 6.04. The molecule has 128 valence electrons. The van der Waals surface area contributed by atoms with Crippen LogP contribution in [-0.4, -0.2) is 40.3 Å². The molecule has 2 rings (SSSR count). The van der Waals surface area contributed by atoms with Crippen LogP contribution in [0.2, 0.25) is 0 Å². The minimum absolute atomic E-state index is 0.0153. The number of hydrogen-bond acceptors (Lipinski definition) is 3. The summed E-state index contributed by atoms with van der Waals surface area (Å²) in [5.41, 5.74) is 3.35. The van der Waals surface area contributed by atoms with Crippen LogP contribution in [0.3, 0.4) is 0 Å². The molecule has 1 amide bonds. The molecule has 24 heavy (non-hydrogen) atoms. The fraction of sp³-hybridized carbons (Fsp3) is 0.368. The predicted molar refractivity (Wildman–Crippen MR) is 93.3 cm³/mol. The lowest BCUT2D eigenvalue weighted by atomic mass is 10.0. The van der Waals surface area contributed by atoms with Crippen LogP contribution >= 0.6 is 0 Å². The molecule has 5 nitrogen and oxygen atoms in total. The first-order chi connectivity index (χ1) is 11.4. The normalized spacial score (nSPS) is 12.0. The van der Waals surface area contributed by atoms with E-state index in [4.69, 9.17) is 0 Å². The lowest BCUT2D eigenvalue weighted by Gasteiger charge is -2.28. The highest BCUT2D eigenvalue weighted by molar-refractivity contribution is 6.02. The Balaban J connectivity index is 2.37. The molecule has 0 saturated carbocycles.